The van der Waals surface area contributed by atoms with E-state index in [2.05, 4.69) is 0 Å². The number of carbonyl (C=O) groups excluding carboxylic acids is 3. The van der Waals surface area contributed by atoms with E-state index in [1.807, 2.05) is 20.8 Å². The number of hydrogen-bond acceptors (Lipinski definition) is 6. The largest absolute Gasteiger partial charge is 0.763 e. The summed E-state index contributed by atoms with van der Waals surface area (Å²) in [4.78, 5) is 34.2. The molecule has 0 N–H and O–H groups in total. The van der Waals surface area contributed by atoms with Gasteiger partial charge >= 0.3 is 8.80 Å². The van der Waals surface area contributed by atoms with Gasteiger partial charge in [0.1, 0.15) is 0 Å². The Morgan fingerprint density at radius 1 is 0.762 bits per heavy atom. The Morgan fingerprint density at radius 2 is 1.05 bits per heavy atom. The molecular weight excluding hydrogens is 294 g/mol. The lowest BCUT2D eigenvalue weighted by molar-refractivity contribution is -0.915. The number of carbonyl (C=O) groups is 3. The number of rotatable bonds is 8. The van der Waals surface area contributed by atoms with Crippen LogP contribution in [-0.2, 0) is 27.7 Å². The first-order valence-electron chi connectivity index (χ1n) is 7.08. The average Bonchev–Trinajstić information content (AvgIpc) is 2.33. The first kappa shape index (κ1) is 19.6. The van der Waals surface area contributed by atoms with Gasteiger partial charge in [0.15, 0.2) is 6.17 Å². The van der Waals surface area contributed by atoms with Gasteiger partial charge in [-0.15, -0.1) is 0 Å². The maximum atomic E-state index is 11.4. The van der Waals surface area contributed by atoms with Crippen molar-refractivity contribution in [1.82, 2.24) is 0 Å². The Labute approximate surface area is 127 Å². The fourth-order valence-electron chi connectivity index (χ4n) is 2.23. The van der Waals surface area contributed by atoms with Gasteiger partial charge in [0.05, 0.1) is 19.6 Å². The summed E-state index contributed by atoms with van der Waals surface area (Å²) < 4.78 is 16.2. The molecule has 0 atom stereocenters. The van der Waals surface area contributed by atoms with Gasteiger partial charge in [-0.2, -0.15) is 0 Å². The Bertz CT molecular complexity index is 345. The van der Waals surface area contributed by atoms with E-state index < -0.39 is 26.7 Å². The first-order chi connectivity index (χ1) is 9.64. The van der Waals surface area contributed by atoms with E-state index in [0.717, 1.165) is 19.6 Å². The van der Waals surface area contributed by atoms with Crippen molar-refractivity contribution in [2.75, 3.05) is 25.8 Å². The van der Waals surface area contributed by atoms with E-state index in [9.17, 15) is 14.4 Å². The van der Waals surface area contributed by atoms with Crippen LogP contribution in [0.1, 0.15) is 41.5 Å². The highest BCUT2D eigenvalue weighted by Crippen LogP contribution is 2.19. The molecule has 0 radical (unpaired) electrons. The smallest absolute Gasteiger partial charge is 0.452 e. The lowest BCUT2D eigenvalue weighted by Gasteiger charge is -2.39. The molecule has 0 saturated heterocycles. The third-order valence-electron chi connectivity index (χ3n) is 3.44. The van der Waals surface area contributed by atoms with Crippen molar-refractivity contribution >= 4 is 26.7 Å². The normalized spacial score (nSPS) is 11.7. The first-order valence-corrected chi connectivity index (χ1v) is 9.01. The summed E-state index contributed by atoms with van der Waals surface area (Å²) in [5.41, 5.74) is 0. The summed E-state index contributed by atoms with van der Waals surface area (Å²) in [7, 11) is -3.76. The molecule has 0 aliphatic rings. The molecule has 0 aliphatic heterocycles. The topological polar surface area (TPSA) is 78.9 Å². The highest BCUT2D eigenvalue weighted by atomic mass is 28.4. The molecule has 0 unspecified atom stereocenters. The number of nitrogens with zero attached hydrogens (tertiary/aromatic N) is 1. The molecule has 0 aromatic heterocycles. The monoisotopic (exact) mass is 320 g/mol. The minimum absolute atomic E-state index is 0.190. The molecule has 0 aliphatic carbocycles. The summed E-state index contributed by atoms with van der Waals surface area (Å²) in [5, 5.41) is 0. The molecule has 0 spiro atoms. The second-order valence-corrected chi connectivity index (χ2v) is 7.21. The van der Waals surface area contributed by atoms with E-state index in [-0.39, 0.29) is 6.17 Å². The standard InChI is InChI=1S/C13H26NO6Si/c1-7-14(8-2,9-3)10-21(18-11(4)15,19-12(5)16)20-13(6)17/h7-10H2,1-6H3/q+1. The van der Waals surface area contributed by atoms with Gasteiger partial charge in [0.2, 0.25) is 0 Å². The molecule has 0 aromatic rings. The Balaban J connectivity index is 5.65. The van der Waals surface area contributed by atoms with Gasteiger partial charge in [0, 0.05) is 20.8 Å². The highest BCUT2D eigenvalue weighted by Gasteiger charge is 2.58. The van der Waals surface area contributed by atoms with E-state index in [4.69, 9.17) is 13.3 Å². The van der Waals surface area contributed by atoms with Crippen molar-refractivity contribution in [3.05, 3.63) is 0 Å². The van der Waals surface area contributed by atoms with E-state index in [1.54, 1.807) is 0 Å². The summed E-state index contributed by atoms with van der Waals surface area (Å²) in [6.45, 7) is 11.8. The zero-order chi connectivity index (χ0) is 16.7. The fourth-order valence-corrected chi connectivity index (χ4v) is 5.36. The third kappa shape index (κ3) is 6.26. The van der Waals surface area contributed by atoms with Crippen molar-refractivity contribution in [2.24, 2.45) is 0 Å². The van der Waals surface area contributed by atoms with Crippen molar-refractivity contribution < 1.29 is 32.1 Å². The molecule has 0 amide bonds. The molecule has 0 saturated carbocycles. The van der Waals surface area contributed by atoms with Crippen LogP contribution in [0, 0.1) is 0 Å². The summed E-state index contributed by atoms with van der Waals surface area (Å²) in [5.74, 6) is -1.90. The van der Waals surface area contributed by atoms with E-state index in [0.29, 0.717) is 4.48 Å². The van der Waals surface area contributed by atoms with Crippen LogP contribution in [-0.4, -0.2) is 57.0 Å². The van der Waals surface area contributed by atoms with Crippen molar-refractivity contribution in [2.45, 2.75) is 41.5 Å². The molecule has 0 fully saturated rings. The third-order valence-corrected chi connectivity index (χ3v) is 6.29. The van der Waals surface area contributed by atoms with Crippen LogP contribution >= 0.6 is 0 Å². The molecule has 7 nitrogen and oxygen atoms in total. The lowest BCUT2D eigenvalue weighted by Crippen LogP contribution is -2.64. The fraction of sp³-hybridized carbons (Fsp3) is 0.769. The average molecular weight is 320 g/mol. The summed E-state index contributed by atoms with van der Waals surface area (Å²) >= 11 is 0. The molecule has 0 aromatic carbocycles. The zero-order valence-electron chi connectivity index (χ0n) is 13.7. The quantitative estimate of drug-likeness (QED) is 0.491. The van der Waals surface area contributed by atoms with Gasteiger partial charge in [0.25, 0.3) is 17.9 Å². The lowest BCUT2D eigenvalue weighted by atomic mass is 10.4. The summed E-state index contributed by atoms with van der Waals surface area (Å²) in [6, 6.07) is 0. The minimum Gasteiger partial charge on any atom is -0.452 e. The predicted molar refractivity (Wildman–Crippen MR) is 77.8 cm³/mol. The second kappa shape index (κ2) is 8.13. The predicted octanol–water partition coefficient (Wildman–Crippen LogP) is 1.03. The molecule has 122 valence electrons. The van der Waals surface area contributed by atoms with Crippen LogP contribution in [0.5, 0.6) is 0 Å². The van der Waals surface area contributed by atoms with Crippen LogP contribution in [0.4, 0.5) is 0 Å². The van der Waals surface area contributed by atoms with Crippen LogP contribution in [0.3, 0.4) is 0 Å². The van der Waals surface area contributed by atoms with Crippen LogP contribution in [0.25, 0.3) is 0 Å². The van der Waals surface area contributed by atoms with Crippen LogP contribution < -0.4 is 0 Å². The molecule has 21 heavy (non-hydrogen) atoms. The highest BCUT2D eigenvalue weighted by molar-refractivity contribution is 6.65. The van der Waals surface area contributed by atoms with E-state index in [1.165, 1.54) is 20.8 Å². The molecule has 0 rings (SSSR count). The molecule has 0 heterocycles. The van der Waals surface area contributed by atoms with Crippen molar-refractivity contribution in [3.63, 3.8) is 0 Å². The van der Waals surface area contributed by atoms with Gasteiger partial charge in [-0.05, 0) is 20.8 Å². The molecule has 0 bridgehead atoms. The maximum absolute atomic E-state index is 11.4. The van der Waals surface area contributed by atoms with Gasteiger partial charge in [-0.3, -0.25) is 14.4 Å². The second-order valence-electron chi connectivity index (χ2n) is 4.91. The molecular formula is C13H26NO6Si+. The van der Waals surface area contributed by atoms with E-state index >= 15 is 0 Å². The van der Waals surface area contributed by atoms with Crippen molar-refractivity contribution in [3.8, 4) is 0 Å². The zero-order valence-corrected chi connectivity index (χ0v) is 14.7. The number of quaternary nitrogens is 1. The maximum Gasteiger partial charge on any atom is 0.763 e. The Morgan fingerprint density at radius 3 is 1.24 bits per heavy atom. The Kier molecular flexibility index (Phi) is 7.59. The van der Waals surface area contributed by atoms with Gasteiger partial charge < -0.3 is 17.8 Å². The van der Waals surface area contributed by atoms with Crippen LogP contribution in [0.2, 0.25) is 0 Å². The van der Waals surface area contributed by atoms with Crippen LogP contribution in [0.15, 0.2) is 0 Å². The van der Waals surface area contributed by atoms with Crippen molar-refractivity contribution in [1.29, 1.82) is 0 Å². The van der Waals surface area contributed by atoms with Gasteiger partial charge in [-0.25, -0.2) is 0 Å². The number of hydrogen-bond donors (Lipinski definition) is 0. The Hall–Kier alpha value is -1.41. The molecule has 8 heteroatoms. The van der Waals surface area contributed by atoms with Gasteiger partial charge in [-0.1, -0.05) is 0 Å². The minimum atomic E-state index is -3.76. The summed E-state index contributed by atoms with van der Waals surface area (Å²) in [6.07, 6.45) is 0.190. The SMILES string of the molecule is CC[N+](CC)(CC)C[Si](OC(C)=O)(OC(C)=O)OC(C)=O.